The fraction of sp³-hybridized carbons (Fsp3) is 0.143. The molecule has 0 saturated heterocycles. The quantitative estimate of drug-likeness (QED) is 0.311. The van der Waals surface area contributed by atoms with Crippen LogP contribution >= 0.6 is 11.6 Å². The molecule has 0 N–H and O–H groups in total. The summed E-state index contributed by atoms with van der Waals surface area (Å²) in [4.78, 5) is 0. The van der Waals surface area contributed by atoms with Gasteiger partial charge in [-0.15, -0.1) is 18.2 Å². The SMILES string of the molecule is C=CC(=C)C(Cl)C=C. The topological polar surface area (TPSA) is 0 Å². The number of rotatable bonds is 3. The average molecular weight is 129 g/mol. The van der Waals surface area contributed by atoms with E-state index in [2.05, 4.69) is 19.7 Å². The Balaban J connectivity index is 3.80. The summed E-state index contributed by atoms with van der Waals surface area (Å²) in [6.45, 7) is 10.6. The van der Waals surface area contributed by atoms with E-state index >= 15 is 0 Å². The maximum absolute atomic E-state index is 5.63. The highest BCUT2D eigenvalue weighted by Crippen LogP contribution is 2.08. The lowest BCUT2D eigenvalue weighted by atomic mass is 10.2. The molecule has 8 heavy (non-hydrogen) atoms. The molecular formula is C7H9Cl. The first kappa shape index (κ1) is 7.51. The van der Waals surface area contributed by atoms with Gasteiger partial charge in [0, 0.05) is 0 Å². The van der Waals surface area contributed by atoms with Crippen LogP contribution in [0.3, 0.4) is 0 Å². The Morgan fingerprint density at radius 3 is 2.12 bits per heavy atom. The minimum absolute atomic E-state index is 0.160. The highest BCUT2D eigenvalue weighted by atomic mass is 35.5. The van der Waals surface area contributed by atoms with Gasteiger partial charge in [-0.25, -0.2) is 0 Å². The minimum atomic E-state index is -0.160. The lowest BCUT2D eigenvalue weighted by Crippen LogP contribution is -1.91. The fourth-order valence-corrected chi connectivity index (χ4v) is 0.353. The lowest BCUT2D eigenvalue weighted by molar-refractivity contribution is 1.32. The van der Waals surface area contributed by atoms with E-state index in [1.54, 1.807) is 12.2 Å². The molecule has 0 rings (SSSR count). The van der Waals surface area contributed by atoms with Gasteiger partial charge in [-0.1, -0.05) is 25.3 Å². The van der Waals surface area contributed by atoms with Gasteiger partial charge in [-0.05, 0) is 5.57 Å². The molecule has 0 heterocycles. The molecule has 0 aliphatic carbocycles. The monoisotopic (exact) mass is 128 g/mol. The van der Waals surface area contributed by atoms with E-state index in [1.165, 1.54) is 0 Å². The molecule has 44 valence electrons. The molecule has 0 bridgehead atoms. The molecule has 0 spiro atoms. The Morgan fingerprint density at radius 1 is 1.50 bits per heavy atom. The van der Waals surface area contributed by atoms with Crippen LogP contribution in [0.5, 0.6) is 0 Å². The third kappa shape index (κ3) is 1.99. The normalized spacial score (nSPS) is 12.1. The second kappa shape index (κ2) is 3.50. The minimum Gasteiger partial charge on any atom is -0.113 e. The van der Waals surface area contributed by atoms with E-state index in [4.69, 9.17) is 11.6 Å². The first-order chi connectivity index (χ1) is 3.72. The van der Waals surface area contributed by atoms with Gasteiger partial charge >= 0.3 is 0 Å². The number of alkyl halides is 1. The molecule has 0 aliphatic heterocycles. The van der Waals surface area contributed by atoms with Crippen molar-refractivity contribution in [3.8, 4) is 0 Å². The summed E-state index contributed by atoms with van der Waals surface area (Å²) >= 11 is 5.63. The molecule has 1 atom stereocenters. The molecule has 0 radical (unpaired) electrons. The maximum Gasteiger partial charge on any atom is 0.0757 e. The largest absolute Gasteiger partial charge is 0.113 e. The Bertz CT molecular complexity index is 114. The van der Waals surface area contributed by atoms with Crippen molar-refractivity contribution < 1.29 is 0 Å². The maximum atomic E-state index is 5.63. The van der Waals surface area contributed by atoms with E-state index in [0.29, 0.717) is 0 Å². The third-order valence-corrected chi connectivity index (χ3v) is 1.28. The molecule has 0 saturated carbocycles. The van der Waals surface area contributed by atoms with Crippen LogP contribution in [0.2, 0.25) is 0 Å². The van der Waals surface area contributed by atoms with Crippen LogP contribution in [0, 0.1) is 0 Å². The Morgan fingerprint density at radius 2 is 2.00 bits per heavy atom. The van der Waals surface area contributed by atoms with E-state index < -0.39 is 0 Å². The number of hydrogen-bond donors (Lipinski definition) is 0. The van der Waals surface area contributed by atoms with Crippen molar-refractivity contribution in [1.29, 1.82) is 0 Å². The zero-order valence-electron chi connectivity index (χ0n) is 4.73. The van der Waals surface area contributed by atoms with E-state index in [-0.39, 0.29) is 5.38 Å². The summed E-state index contributed by atoms with van der Waals surface area (Å²) in [5.41, 5.74) is 0.793. The van der Waals surface area contributed by atoms with Crippen molar-refractivity contribution in [1.82, 2.24) is 0 Å². The summed E-state index contributed by atoms with van der Waals surface area (Å²) in [7, 11) is 0. The van der Waals surface area contributed by atoms with Crippen LogP contribution < -0.4 is 0 Å². The van der Waals surface area contributed by atoms with Gasteiger partial charge in [0.05, 0.1) is 5.38 Å². The van der Waals surface area contributed by atoms with E-state index in [1.807, 2.05) is 0 Å². The van der Waals surface area contributed by atoms with Crippen molar-refractivity contribution in [3.05, 3.63) is 37.5 Å². The lowest BCUT2D eigenvalue weighted by Gasteiger charge is -1.99. The fourth-order valence-electron chi connectivity index (χ4n) is 0.264. The van der Waals surface area contributed by atoms with Crippen LogP contribution in [0.15, 0.2) is 37.5 Å². The van der Waals surface area contributed by atoms with Gasteiger partial charge in [-0.2, -0.15) is 0 Å². The molecule has 0 aromatic heterocycles. The van der Waals surface area contributed by atoms with Crippen molar-refractivity contribution in [3.63, 3.8) is 0 Å². The molecular weight excluding hydrogens is 120 g/mol. The molecule has 0 aliphatic rings. The first-order valence-corrected chi connectivity index (χ1v) is 2.74. The van der Waals surface area contributed by atoms with Crippen LogP contribution in [0.25, 0.3) is 0 Å². The molecule has 0 amide bonds. The Hall–Kier alpha value is -0.490. The average Bonchev–Trinajstić information content (AvgIpc) is 1.84. The molecule has 1 unspecified atom stereocenters. The zero-order chi connectivity index (χ0) is 6.57. The molecule has 0 nitrogen and oxygen atoms in total. The smallest absolute Gasteiger partial charge is 0.0757 e. The second-order valence-electron chi connectivity index (χ2n) is 1.42. The summed E-state index contributed by atoms with van der Waals surface area (Å²) in [6.07, 6.45) is 3.24. The van der Waals surface area contributed by atoms with Crippen molar-refractivity contribution in [2.45, 2.75) is 5.38 Å². The van der Waals surface area contributed by atoms with Gasteiger partial charge in [0.25, 0.3) is 0 Å². The van der Waals surface area contributed by atoms with Crippen molar-refractivity contribution >= 4 is 11.6 Å². The van der Waals surface area contributed by atoms with Crippen molar-refractivity contribution in [2.24, 2.45) is 0 Å². The van der Waals surface area contributed by atoms with Crippen LogP contribution in [-0.2, 0) is 0 Å². The zero-order valence-corrected chi connectivity index (χ0v) is 5.49. The van der Waals surface area contributed by atoms with Crippen LogP contribution in [0.4, 0.5) is 0 Å². The summed E-state index contributed by atoms with van der Waals surface area (Å²) in [5, 5.41) is -0.160. The highest BCUT2D eigenvalue weighted by Gasteiger charge is 1.96. The van der Waals surface area contributed by atoms with Gasteiger partial charge < -0.3 is 0 Å². The predicted octanol–water partition coefficient (Wildman–Crippen LogP) is 2.52. The Labute approximate surface area is 55.2 Å². The molecule has 0 aromatic rings. The Kier molecular flexibility index (Phi) is 3.29. The summed E-state index contributed by atoms with van der Waals surface area (Å²) in [6, 6.07) is 0. The third-order valence-electron chi connectivity index (χ3n) is 0.823. The molecule has 0 aromatic carbocycles. The van der Waals surface area contributed by atoms with Gasteiger partial charge in [0.2, 0.25) is 0 Å². The van der Waals surface area contributed by atoms with Gasteiger partial charge in [0.1, 0.15) is 0 Å². The number of allylic oxidation sites excluding steroid dienone is 3. The van der Waals surface area contributed by atoms with E-state index in [0.717, 1.165) is 5.57 Å². The highest BCUT2D eigenvalue weighted by molar-refractivity contribution is 6.23. The van der Waals surface area contributed by atoms with Gasteiger partial charge in [0.15, 0.2) is 0 Å². The number of hydrogen-bond acceptors (Lipinski definition) is 0. The second-order valence-corrected chi connectivity index (χ2v) is 1.89. The first-order valence-electron chi connectivity index (χ1n) is 2.30. The predicted molar refractivity (Wildman–Crippen MR) is 39.2 cm³/mol. The molecule has 1 heteroatoms. The van der Waals surface area contributed by atoms with Crippen LogP contribution in [-0.4, -0.2) is 5.38 Å². The number of halogens is 1. The summed E-state index contributed by atoms with van der Waals surface area (Å²) in [5.74, 6) is 0. The standard InChI is InChI=1S/C7H9Cl/c1-4-6(3)7(8)5-2/h4-5,7H,1-3H2. The van der Waals surface area contributed by atoms with Crippen molar-refractivity contribution in [2.75, 3.05) is 0 Å². The molecule has 0 fully saturated rings. The van der Waals surface area contributed by atoms with Gasteiger partial charge in [-0.3, -0.25) is 0 Å². The van der Waals surface area contributed by atoms with E-state index in [9.17, 15) is 0 Å². The summed E-state index contributed by atoms with van der Waals surface area (Å²) < 4.78 is 0. The van der Waals surface area contributed by atoms with Crippen LogP contribution in [0.1, 0.15) is 0 Å².